The van der Waals surface area contributed by atoms with Gasteiger partial charge in [-0.3, -0.25) is 4.90 Å². The second kappa shape index (κ2) is 7.97. The minimum atomic E-state index is -0.945. The number of nitrogens with zero attached hydrogens (tertiary/aromatic N) is 1. The molecule has 2 rings (SSSR count). The Bertz CT molecular complexity index is 635. The van der Waals surface area contributed by atoms with Crippen LogP contribution in [0.2, 0.25) is 0 Å². The van der Waals surface area contributed by atoms with Gasteiger partial charge in [0.25, 0.3) is 0 Å². The summed E-state index contributed by atoms with van der Waals surface area (Å²) in [6, 6.07) is 19.2. The molecule has 0 fully saturated rings. The molecular formula is C20H25NO3. The van der Waals surface area contributed by atoms with Crippen LogP contribution in [0.15, 0.2) is 60.7 Å². The SMILES string of the molecule is CC(C)(C)N(C(=O)O)[C@H](COCc1ccccc1)c1ccccc1. The van der Waals surface area contributed by atoms with Gasteiger partial charge in [0.15, 0.2) is 0 Å². The Hall–Kier alpha value is -2.33. The summed E-state index contributed by atoms with van der Waals surface area (Å²) in [6.07, 6.45) is -0.945. The molecule has 0 saturated carbocycles. The normalized spacial score (nSPS) is 12.6. The fourth-order valence-electron chi connectivity index (χ4n) is 2.75. The number of carboxylic acid groups (broad SMARTS) is 1. The van der Waals surface area contributed by atoms with E-state index in [0.29, 0.717) is 13.2 Å². The van der Waals surface area contributed by atoms with Crippen molar-refractivity contribution in [3.63, 3.8) is 0 Å². The number of hydrogen-bond donors (Lipinski definition) is 1. The first-order chi connectivity index (χ1) is 11.4. The molecule has 0 aliphatic carbocycles. The molecule has 0 radical (unpaired) electrons. The van der Waals surface area contributed by atoms with Gasteiger partial charge in [-0.1, -0.05) is 60.7 Å². The van der Waals surface area contributed by atoms with Crippen LogP contribution in [-0.2, 0) is 11.3 Å². The lowest BCUT2D eigenvalue weighted by Gasteiger charge is -2.39. The van der Waals surface area contributed by atoms with Crippen molar-refractivity contribution in [2.45, 2.75) is 39.0 Å². The molecule has 128 valence electrons. The molecule has 0 unspecified atom stereocenters. The lowest BCUT2D eigenvalue weighted by atomic mass is 9.99. The number of carbonyl (C=O) groups is 1. The van der Waals surface area contributed by atoms with Crippen molar-refractivity contribution in [3.8, 4) is 0 Å². The predicted octanol–water partition coefficient (Wildman–Crippen LogP) is 4.72. The summed E-state index contributed by atoms with van der Waals surface area (Å²) in [4.78, 5) is 13.3. The maximum Gasteiger partial charge on any atom is 0.408 e. The van der Waals surface area contributed by atoms with E-state index in [1.54, 1.807) is 0 Å². The van der Waals surface area contributed by atoms with Gasteiger partial charge >= 0.3 is 6.09 Å². The fraction of sp³-hybridized carbons (Fsp3) is 0.350. The molecular weight excluding hydrogens is 302 g/mol. The van der Waals surface area contributed by atoms with Crippen LogP contribution in [-0.4, -0.2) is 28.2 Å². The summed E-state index contributed by atoms with van der Waals surface area (Å²) in [5.41, 5.74) is 1.48. The van der Waals surface area contributed by atoms with Crippen molar-refractivity contribution in [1.82, 2.24) is 4.90 Å². The largest absolute Gasteiger partial charge is 0.465 e. The van der Waals surface area contributed by atoms with Crippen molar-refractivity contribution in [2.75, 3.05) is 6.61 Å². The van der Waals surface area contributed by atoms with Gasteiger partial charge in [0.2, 0.25) is 0 Å². The number of hydrogen-bond acceptors (Lipinski definition) is 2. The van der Waals surface area contributed by atoms with Crippen LogP contribution in [0.3, 0.4) is 0 Å². The molecule has 0 heterocycles. The number of rotatable bonds is 6. The van der Waals surface area contributed by atoms with E-state index in [0.717, 1.165) is 11.1 Å². The highest BCUT2D eigenvalue weighted by molar-refractivity contribution is 5.67. The first-order valence-corrected chi connectivity index (χ1v) is 8.08. The Balaban J connectivity index is 2.18. The molecule has 1 amide bonds. The molecule has 1 atom stereocenters. The molecule has 24 heavy (non-hydrogen) atoms. The highest BCUT2D eigenvalue weighted by Crippen LogP contribution is 2.29. The highest BCUT2D eigenvalue weighted by atomic mass is 16.5. The zero-order valence-corrected chi connectivity index (χ0v) is 14.5. The summed E-state index contributed by atoms with van der Waals surface area (Å²) in [5.74, 6) is 0. The lowest BCUT2D eigenvalue weighted by Crippen LogP contribution is -2.48. The lowest BCUT2D eigenvalue weighted by molar-refractivity contribution is 0.0143. The van der Waals surface area contributed by atoms with E-state index in [1.807, 2.05) is 81.4 Å². The van der Waals surface area contributed by atoms with Crippen molar-refractivity contribution >= 4 is 6.09 Å². The molecule has 2 aromatic rings. The second-order valence-electron chi connectivity index (χ2n) is 6.75. The zero-order chi connectivity index (χ0) is 17.6. The molecule has 1 N–H and O–H groups in total. The van der Waals surface area contributed by atoms with E-state index in [-0.39, 0.29) is 6.04 Å². The molecule has 0 aliphatic rings. The average molecular weight is 327 g/mol. The number of benzene rings is 2. The van der Waals surface area contributed by atoms with Crippen LogP contribution in [0.5, 0.6) is 0 Å². The van der Waals surface area contributed by atoms with Crippen molar-refractivity contribution in [1.29, 1.82) is 0 Å². The van der Waals surface area contributed by atoms with Gasteiger partial charge in [0.05, 0.1) is 19.3 Å². The minimum absolute atomic E-state index is 0.308. The third-order valence-electron chi connectivity index (χ3n) is 3.81. The minimum Gasteiger partial charge on any atom is -0.465 e. The van der Waals surface area contributed by atoms with Crippen LogP contribution in [0.25, 0.3) is 0 Å². The van der Waals surface area contributed by atoms with Gasteiger partial charge in [-0.2, -0.15) is 0 Å². The second-order valence-corrected chi connectivity index (χ2v) is 6.75. The van der Waals surface area contributed by atoms with Crippen molar-refractivity contribution < 1.29 is 14.6 Å². The summed E-state index contributed by atoms with van der Waals surface area (Å²) >= 11 is 0. The van der Waals surface area contributed by atoms with E-state index in [9.17, 15) is 9.90 Å². The number of ether oxygens (including phenoxy) is 1. The number of amides is 1. The molecule has 0 aromatic heterocycles. The van der Waals surface area contributed by atoms with Gasteiger partial charge in [0, 0.05) is 5.54 Å². The maximum atomic E-state index is 11.9. The summed E-state index contributed by atoms with van der Waals surface area (Å²) in [5, 5.41) is 9.73. The molecule has 0 saturated heterocycles. The van der Waals surface area contributed by atoms with E-state index in [2.05, 4.69) is 0 Å². The Kier molecular flexibility index (Phi) is 5.99. The topological polar surface area (TPSA) is 49.8 Å². The van der Waals surface area contributed by atoms with E-state index in [1.165, 1.54) is 4.90 Å². The first kappa shape index (κ1) is 18.0. The third kappa shape index (κ3) is 4.83. The molecule has 4 nitrogen and oxygen atoms in total. The first-order valence-electron chi connectivity index (χ1n) is 8.08. The quantitative estimate of drug-likeness (QED) is 0.835. The molecule has 4 heteroatoms. The predicted molar refractivity (Wildman–Crippen MR) is 94.9 cm³/mol. The average Bonchev–Trinajstić information content (AvgIpc) is 2.54. The van der Waals surface area contributed by atoms with E-state index >= 15 is 0 Å². The van der Waals surface area contributed by atoms with Crippen LogP contribution < -0.4 is 0 Å². The van der Waals surface area contributed by atoms with Gasteiger partial charge < -0.3 is 9.84 Å². The monoisotopic (exact) mass is 327 g/mol. The van der Waals surface area contributed by atoms with Crippen LogP contribution >= 0.6 is 0 Å². The van der Waals surface area contributed by atoms with Crippen LogP contribution in [0.4, 0.5) is 4.79 Å². The van der Waals surface area contributed by atoms with Crippen molar-refractivity contribution in [2.24, 2.45) is 0 Å². The van der Waals surface area contributed by atoms with Gasteiger partial charge in [-0.15, -0.1) is 0 Å². The Labute approximate surface area is 143 Å². The smallest absolute Gasteiger partial charge is 0.408 e. The van der Waals surface area contributed by atoms with Gasteiger partial charge in [-0.25, -0.2) is 4.79 Å². The summed E-state index contributed by atoms with van der Waals surface area (Å²) < 4.78 is 5.86. The standard InChI is InChI=1S/C20H25NO3/c1-20(2,3)21(19(22)23)18(17-12-8-5-9-13-17)15-24-14-16-10-6-4-7-11-16/h4-13,18H,14-15H2,1-3H3,(H,22,23)/t18-/m1/s1. The zero-order valence-electron chi connectivity index (χ0n) is 14.5. The molecule has 0 bridgehead atoms. The Morgan fingerprint density at radius 3 is 2.08 bits per heavy atom. The maximum absolute atomic E-state index is 11.9. The molecule has 2 aromatic carbocycles. The van der Waals surface area contributed by atoms with Gasteiger partial charge in [0.1, 0.15) is 0 Å². The van der Waals surface area contributed by atoms with Crippen molar-refractivity contribution in [3.05, 3.63) is 71.8 Å². The van der Waals surface area contributed by atoms with E-state index in [4.69, 9.17) is 4.74 Å². The molecule has 0 spiro atoms. The highest BCUT2D eigenvalue weighted by Gasteiger charge is 2.34. The third-order valence-corrected chi connectivity index (χ3v) is 3.81. The Morgan fingerprint density at radius 1 is 1.04 bits per heavy atom. The van der Waals surface area contributed by atoms with Crippen LogP contribution in [0.1, 0.15) is 37.9 Å². The summed E-state index contributed by atoms with van der Waals surface area (Å²) in [7, 11) is 0. The Morgan fingerprint density at radius 2 is 1.58 bits per heavy atom. The molecule has 0 aliphatic heterocycles. The van der Waals surface area contributed by atoms with Gasteiger partial charge in [-0.05, 0) is 31.9 Å². The van der Waals surface area contributed by atoms with E-state index < -0.39 is 11.6 Å². The summed E-state index contributed by atoms with van der Waals surface area (Å²) in [6.45, 7) is 6.46. The fourth-order valence-corrected chi connectivity index (χ4v) is 2.75. The van der Waals surface area contributed by atoms with Crippen LogP contribution in [0, 0.1) is 0 Å².